The Morgan fingerprint density at radius 3 is 2.95 bits per heavy atom. The van der Waals surface area contributed by atoms with E-state index in [0.717, 1.165) is 30.2 Å². The molecular weight excluding hydrogens is 300 g/mol. The summed E-state index contributed by atoms with van der Waals surface area (Å²) in [5.41, 5.74) is 1.50. The lowest BCUT2D eigenvalue weighted by Gasteiger charge is -2.26. The zero-order valence-electron chi connectivity index (χ0n) is 12.6. The van der Waals surface area contributed by atoms with E-state index in [0.29, 0.717) is 12.3 Å². The Morgan fingerprint density at radius 2 is 2.18 bits per heavy atom. The SMILES string of the molecule is CN(c1ccc2ncccc2c1)S(=O)(=O)CC1CCCCO1. The van der Waals surface area contributed by atoms with E-state index in [1.54, 1.807) is 19.3 Å². The maximum absolute atomic E-state index is 12.6. The molecule has 0 N–H and O–H groups in total. The van der Waals surface area contributed by atoms with Gasteiger partial charge >= 0.3 is 0 Å². The smallest absolute Gasteiger partial charge is 0.237 e. The van der Waals surface area contributed by atoms with Gasteiger partial charge in [0.1, 0.15) is 0 Å². The number of nitrogens with zero attached hydrogens (tertiary/aromatic N) is 2. The summed E-state index contributed by atoms with van der Waals surface area (Å²) >= 11 is 0. The molecule has 1 aliphatic rings. The Labute approximate surface area is 131 Å². The lowest BCUT2D eigenvalue weighted by atomic mass is 10.1. The number of aromatic nitrogens is 1. The molecule has 1 atom stereocenters. The Morgan fingerprint density at radius 1 is 1.32 bits per heavy atom. The third-order valence-corrected chi connectivity index (χ3v) is 5.88. The van der Waals surface area contributed by atoms with Crippen LogP contribution < -0.4 is 4.31 Å². The fourth-order valence-electron chi connectivity index (χ4n) is 2.71. The van der Waals surface area contributed by atoms with Crippen molar-refractivity contribution in [2.45, 2.75) is 25.4 Å². The van der Waals surface area contributed by atoms with Crippen LogP contribution in [0.1, 0.15) is 19.3 Å². The van der Waals surface area contributed by atoms with Crippen LogP contribution in [0, 0.1) is 0 Å². The minimum atomic E-state index is -3.39. The van der Waals surface area contributed by atoms with Gasteiger partial charge in [-0.1, -0.05) is 6.07 Å². The number of ether oxygens (including phenoxy) is 1. The Kier molecular flexibility index (Phi) is 4.31. The fourth-order valence-corrected chi connectivity index (χ4v) is 4.10. The van der Waals surface area contributed by atoms with E-state index >= 15 is 0 Å². The molecule has 118 valence electrons. The van der Waals surface area contributed by atoms with Crippen LogP contribution in [-0.2, 0) is 14.8 Å². The van der Waals surface area contributed by atoms with Gasteiger partial charge in [0, 0.05) is 25.2 Å². The lowest BCUT2D eigenvalue weighted by Crippen LogP contribution is -2.36. The van der Waals surface area contributed by atoms with E-state index in [4.69, 9.17) is 4.74 Å². The second-order valence-electron chi connectivity index (χ2n) is 5.62. The van der Waals surface area contributed by atoms with Crippen molar-refractivity contribution >= 4 is 26.6 Å². The van der Waals surface area contributed by atoms with Gasteiger partial charge in [0.05, 0.1) is 23.1 Å². The van der Waals surface area contributed by atoms with Crippen LogP contribution in [0.15, 0.2) is 36.5 Å². The van der Waals surface area contributed by atoms with Gasteiger partial charge in [0.2, 0.25) is 10.0 Å². The quantitative estimate of drug-likeness (QED) is 0.869. The molecule has 1 aromatic heterocycles. The van der Waals surface area contributed by atoms with Crippen molar-refractivity contribution in [3.63, 3.8) is 0 Å². The first kappa shape index (κ1) is 15.2. The van der Waals surface area contributed by atoms with E-state index in [1.165, 1.54) is 4.31 Å². The van der Waals surface area contributed by atoms with Crippen LogP contribution in [-0.4, -0.2) is 38.9 Å². The van der Waals surface area contributed by atoms with Gasteiger partial charge in [-0.15, -0.1) is 0 Å². The highest BCUT2D eigenvalue weighted by Crippen LogP contribution is 2.23. The predicted molar refractivity (Wildman–Crippen MR) is 87.5 cm³/mol. The van der Waals surface area contributed by atoms with E-state index in [-0.39, 0.29) is 11.9 Å². The molecule has 22 heavy (non-hydrogen) atoms. The number of rotatable bonds is 4. The third kappa shape index (κ3) is 3.23. The maximum atomic E-state index is 12.6. The average molecular weight is 320 g/mol. The van der Waals surface area contributed by atoms with Crippen LogP contribution in [0.25, 0.3) is 10.9 Å². The molecule has 0 saturated carbocycles. The first-order chi connectivity index (χ1) is 10.6. The Hall–Kier alpha value is -1.66. The molecule has 5 nitrogen and oxygen atoms in total. The number of pyridine rings is 1. The average Bonchev–Trinajstić information content (AvgIpc) is 2.54. The number of benzene rings is 1. The molecule has 6 heteroatoms. The second-order valence-corrected chi connectivity index (χ2v) is 7.66. The van der Waals surface area contributed by atoms with Gasteiger partial charge in [0.15, 0.2) is 0 Å². The van der Waals surface area contributed by atoms with Gasteiger partial charge in [-0.05, 0) is 43.5 Å². The number of fused-ring (bicyclic) bond motifs is 1. The van der Waals surface area contributed by atoms with E-state index in [9.17, 15) is 8.42 Å². The van der Waals surface area contributed by atoms with Gasteiger partial charge < -0.3 is 4.74 Å². The van der Waals surface area contributed by atoms with Crippen molar-refractivity contribution in [3.05, 3.63) is 36.5 Å². The highest BCUT2D eigenvalue weighted by Gasteiger charge is 2.26. The minimum Gasteiger partial charge on any atom is -0.377 e. The summed E-state index contributed by atoms with van der Waals surface area (Å²) in [6.07, 6.45) is 4.40. The van der Waals surface area contributed by atoms with Crippen LogP contribution in [0.5, 0.6) is 0 Å². The molecule has 0 bridgehead atoms. The predicted octanol–water partition coefficient (Wildman–Crippen LogP) is 2.57. The largest absolute Gasteiger partial charge is 0.377 e. The molecule has 1 saturated heterocycles. The van der Waals surface area contributed by atoms with Gasteiger partial charge in [-0.3, -0.25) is 9.29 Å². The molecule has 2 aromatic rings. The second kappa shape index (κ2) is 6.22. The number of hydrogen-bond donors (Lipinski definition) is 0. The zero-order chi connectivity index (χ0) is 15.6. The molecule has 0 radical (unpaired) electrons. The number of sulfonamides is 1. The molecule has 1 fully saturated rings. The van der Waals surface area contributed by atoms with Crippen LogP contribution in [0.4, 0.5) is 5.69 Å². The summed E-state index contributed by atoms with van der Waals surface area (Å²) in [6, 6.07) is 9.25. The summed E-state index contributed by atoms with van der Waals surface area (Å²) in [5.74, 6) is 0.0363. The molecule has 0 amide bonds. The van der Waals surface area contributed by atoms with E-state index in [1.807, 2.05) is 24.3 Å². The summed E-state index contributed by atoms with van der Waals surface area (Å²) in [6.45, 7) is 0.658. The highest BCUT2D eigenvalue weighted by molar-refractivity contribution is 7.92. The van der Waals surface area contributed by atoms with Crippen molar-refractivity contribution in [1.29, 1.82) is 0 Å². The highest BCUT2D eigenvalue weighted by atomic mass is 32.2. The third-order valence-electron chi connectivity index (χ3n) is 4.04. The van der Waals surface area contributed by atoms with Gasteiger partial charge in [-0.2, -0.15) is 0 Å². The minimum absolute atomic E-state index is 0.0363. The molecule has 1 unspecified atom stereocenters. The number of anilines is 1. The van der Waals surface area contributed by atoms with Crippen molar-refractivity contribution in [1.82, 2.24) is 4.98 Å². The summed E-state index contributed by atoms with van der Waals surface area (Å²) in [5, 5.41) is 0.927. The van der Waals surface area contributed by atoms with Crippen molar-refractivity contribution in [2.75, 3.05) is 23.7 Å². The molecule has 1 aromatic carbocycles. The fraction of sp³-hybridized carbons (Fsp3) is 0.438. The molecule has 0 spiro atoms. The van der Waals surface area contributed by atoms with Crippen LogP contribution in [0.2, 0.25) is 0 Å². The summed E-state index contributed by atoms with van der Waals surface area (Å²) in [4.78, 5) is 4.25. The van der Waals surface area contributed by atoms with Crippen LogP contribution in [0.3, 0.4) is 0 Å². The number of hydrogen-bond acceptors (Lipinski definition) is 4. The Balaban J connectivity index is 1.82. The lowest BCUT2D eigenvalue weighted by molar-refractivity contribution is 0.0305. The van der Waals surface area contributed by atoms with Gasteiger partial charge in [-0.25, -0.2) is 8.42 Å². The first-order valence-electron chi connectivity index (χ1n) is 7.49. The molecular formula is C16H20N2O3S. The van der Waals surface area contributed by atoms with Crippen molar-refractivity contribution in [3.8, 4) is 0 Å². The van der Waals surface area contributed by atoms with Gasteiger partial charge in [0.25, 0.3) is 0 Å². The maximum Gasteiger partial charge on any atom is 0.237 e. The van der Waals surface area contributed by atoms with Crippen molar-refractivity contribution in [2.24, 2.45) is 0 Å². The topological polar surface area (TPSA) is 59.5 Å². The molecule has 0 aliphatic carbocycles. The normalized spacial score (nSPS) is 19.2. The summed E-state index contributed by atoms with van der Waals surface area (Å²) < 4.78 is 32.0. The first-order valence-corrected chi connectivity index (χ1v) is 9.10. The van der Waals surface area contributed by atoms with E-state index < -0.39 is 10.0 Å². The summed E-state index contributed by atoms with van der Waals surface area (Å²) in [7, 11) is -1.80. The van der Waals surface area contributed by atoms with E-state index in [2.05, 4.69) is 4.98 Å². The standard InChI is InChI=1S/C16H20N2O3S/c1-18(22(19,20)12-15-6-2-3-10-21-15)14-7-8-16-13(11-14)5-4-9-17-16/h4-5,7-9,11,15H,2-3,6,10,12H2,1H3. The zero-order valence-corrected chi connectivity index (χ0v) is 13.4. The molecule has 1 aliphatic heterocycles. The Bertz CT molecular complexity index is 755. The molecule has 2 heterocycles. The van der Waals surface area contributed by atoms with Crippen LogP contribution >= 0.6 is 0 Å². The van der Waals surface area contributed by atoms with Crippen molar-refractivity contribution < 1.29 is 13.2 Å². The monoisotopic (exact) mass is 320 g/mol. The molecule has 3 rings (SSSR count).